The summed E-state index contributed by atoms with van der Waals surface area (Å²) < 4.78 is 8.11. The number of benzene rings is 3. The van der Waals surface area contributed by atoms with Crippen molar-refractivity contribution in [3.63, 3.8) is 0 Å². The van der Waals surface area contributed by atoms with Crippen LogP contribution < -0.4 is 15.0 Å². The van der Waals surface area contributed by atoms with Crippen molar-refractivity contribution < 1.29 is 14.3 Å². The highest BCUT2D eigenvalue weighted by Gasteiger charge is 2.21. The van der Waals surface area contributed by atoms with Crippen molar-refractivity contribution in [3.8, 4) is 11.4 Å². The third-order valence-electron chi connectivity index (χ3n) is 7.60. The van der Waals surface area contributed by atoms with E-state index >= 15 is 0 Å². The second-order valence-electron chi connectivity index (χ2n) is 10.6. The molecule has 2 aromatic heterocycles. The first-order chi connectivity index (χ1) is 21.4. The molecule has 9 heteroatoms. The van der Waals surface area contributed by atoms with Gasteiger partial charge in [0.25, 0.3) is 0 Å². The Hall–Kier alpha value is -4.59. The zero-order valence-electron chi connectivity index (χ0n) is 24.1. The number of anilines is 1. The Bertz CT molecular complexity index is 1880. The van der Waals surface area contributed by atoms with Gasteiger partial charge < -0.3 is 19.5 Å². The number of nitrogens with zero attached hydrogens (tertiary/aromatic N) is 3. The molecular formula is C35H30Cl2N4O3. The number of amides is 2. The Morgan fingerprint density at radius 3 is 2.66 bits per heavy atom. The van der Waals surface area contributed by atoms with Crippen molar-refractivity contribution in [2.45, 2.75) is 32.9 Å². The van der Waals surface area contributed by atoms with E-state index in [0.717, 1.165) is 52.2 Å². The molecule has 44 heavy (non-hydrogen) atoms. The topological polar surface area (TPSA) is 76.5 Å². The number of pyridine rings is 1. The predicted molar refractivity (Wildman–Crippen MR) is 176 cm³/mol. The lowest BCUT2D eigenvalue weighted by atomic mass is 10.1. The highest BCUT2D eigenvalue weighted by atomic mass is 35.5. The highest BCUT2D eigenvalue weighted by molar-refractivity contribution is 6.37. The van der Waals surface area contributed by atoms with Gasteiger partial charge in [-0.05, 0) is 73.5 Å². The van der Waals surface area contributed by atoms with Crippen LogP contribution in [0.25, 0.3) is 22.7 Å². The molecule has 5 aromatic rings. The molecule has 0 aliphatic carbocycles. The number of carbonyl (C=O) groups is 2. The maximum atomic E-state index is 12.7. The van der Waals surface area contributed by atoms with Crippen LogP contribution in [0.1, 0.15) is 35.4 Å². The summed E-state index contributed by atoms with van der Waals surface area (Å²) >= 11 is 13.5. The Labute approximate surface area is 265 Å². The highest BCUT2D eigenvalue weighted by Crippen LogP contribution is 2.33. The predicted octanol–water partition coefficient (Wildman–Crippen LogP) is 7.68. The normalized spacial score (nSPS) is 13.2. The number of aryl methyl sites for hydroxylation is 1. The van der Waals surface area contributed by atoms with E-state index in [0.29, 0.717) is 27.8 Å². The van der Waals surface area contributed by atoms with Crippen molar-refractivity contribution in [2.75, 3.05) is 11.4 Å². The van der Waals surface area contributed by atoms with Gasteiger partial charge in [0.2, 0.25) is 11.8 Å². The average Bonchev–Trinajstić information content (AvgIpc) is 3.68. The maximum absolute atomic E-state index is 12.7. The molecule has 1 aliphatic rings. The van der Waals surface area contributed by atoms with Crippen LogP contribution in [-0.4, -0.2) is 27.9 Å². The Kier molecular flexibility index (Phi) is 8.68. The molecule has 1 N–H and O–H groups in total. The van der Waals surface area contributed by atoms with Gasteiger partial charge in [-0.3, -0.25) is 9.59 Å². The molecule has 1 saturated heterocycles. The molecule has 0 unspecified atom stereocenters. The fourth-order valence-electron chi connectivity index (χ4n) is 5.28. The van der Waals surface area contributed by atoms with Gasteiger partial charge in [-0.25, -0.2) is 4.98 Å². The number of rotatable bonds is 9. The van der Waals surface area contributed by atoms with Gasteiger partial charge in [0.15, 0.2) is 0 Å². The Balaban J connectivity index is 1.12. The lowest BCUT2D eigenvalue weighted by molar-refractivity contribution is -0.117. The zero-order chi connectivity index (χ0) is 30.6. The molecule has 2 amide bonds. The van der Waals surface area contributed by atoms with Crippen molar-refractivity contribution in [2.24, 2.45) is 0 Å². The van der Waals surface area contributed by atoms with E-state index in [-0.39, 0.29) is 25.0 Å². The number of fused-ring (bicyclic) bond motifs is 1. The lowest BCUT2D eigenvalue weighted by Gasteiger charge is -2.16. The Morgan fingerprint density at radius 2 is 1.86 bits per heavy atom. The first kappa shape index (κ1) is 29.5. The summed E-state index contributed by atoms with van der Waals surface area (Å²) in [6, 6.07) is 24.9. The van der Waals surface area contributed by atoms with Gasteiger partial charge in [-0.2, -0.15) is 0 Å². The number of hydrogen-bond acceptors (Lipinski definition) is 4. The largest absolute Gasteiger partial charge is 0.487 e. The minimum Gasteiger partial charge on any atom is -0.487 e. The summed E-state index contributed by atoms with van der Waals surface area (Å²) in [6.07, 6.45) is 6.61. The maximum Gasteiger partial charge on any atom is 0.244 e. The molecule has 0 saturated carbocycles. The van der Waals surface area contributed by atoms with Crippen LogP contribution in [0.5, 0.6) is 5.75 Å². The summed E-state index contributed by atoms with van der Waals surface area (Å²) in [5.74, 6) is 0.570. The molecule has 7 nitrogen and oxygen atoms in total. The molecule has 3 aromatic carbocycles. The van der Waals surface area contributed by atoms with E-state index in [1.807, 2.05) is 90.5 Å². The number of ether oxygens (including phenoxy) is 1. The summed E-state index contributed by atoms with van der Waals surface area (Å²) in [7, 11) is 0. The average molecular weight is 626 g/mol. The smallest absolute Gasteiger partial charge is 0.244 e. The zero-order valence-corrected chi connectivity index (χ0v) is 25.6. The van der Waals surface area contributed by atoms with Crippen LogP contribution in [0.2, 0.25) is 10.0 Å². The number of carbonyl (C=O) groups excluding carboxylic acids is 2. The summed E-state index contributed by atoms with van der Waals surface area (Å²) in [6.45, 7) is 3.14. The van der Waals surface area contributed by atoms with Crippen molar-refractivity contribution in [3.05, 3.63) is 124 Å². The molecule has 0 atom stereocenters. The molecular weight excluding hydrogens is 595 g/mol. The summed E-state index contributed by atoms with van der Waals surface area (Å²) in [5.41, 5.74) is 5.66. The van der Waals surface area contributed by atoms with Gasteiger partial charge in [0.05, 0.1) is 17.3 Å². The molecule has 1 fully saturated rings. The van der Waals surface area contributed by atoms with Gasteiger partial charge in [0.1, 0.15) is 17.9 Å². The van der Waals surface area contributed by atoms with Crippen LogP contribution in [0, 0.1) is 6.92 Å². The van der Waals surface area contributed by atoms with E-state index in [4.69, 9.17) is 27.9 Å². The van der Waals surface area contributed by atoms with E-state index in [1.54, 1.807) is 17.0 Å². The molecule has 3 heterocycles. The van der Waals surface area contributed by atoms with Gasteiger partial charge >= 0.3 is 0 Å². The third-order valence-corrected chi connectivity index (χ3v) is 8.38. The van der Waals surface area contributed by atoms with Crippen LogP contribution in [0.15, 0.2) is 91.1 Å². The standard InChI is InChI=1S/C35H30Cl2N4O3/c1-23-9-13-25-5-2-7-31(35(25)39-23)44-22-28-29(36)16-17-30(34(28)37)40-19-3-6-27(40)21-38-32(42)18-12-24-10-14-26(15-11-24)41-20-4-8-33(41)43/h2-3,5-7,9-19H,4,8,20-22H2,1H3,(H,38,42)/b18-12+. The number of para-hydroxylation sites is 1. The second-order valence-corrected chi connectivity index (χ2v) is 11.4. The Morgan fingerprint density at radius 1 is 1.02 bits per heavy atom. The van der Waals surface area contributed by atoms with Crippen LogP contribution >= 0.6 is 23.2 Å². The van der Waals surface area contributed by atoms with E-state index < -0.39 is 0 Å². The van der Waals surface area contributed by atoms with Crippen molar-refractivity contribution >= 4 is 57.7 Å². The summed E-state index contributed by atoms with van der Waals surface area (Å²) in [5, 5.41) is 4.89. The minimum atomic E-state index is -0.230. The second kappa shape index (κ2) is 13.0. The lowest BCUT2D eigenvalue weighted by Crippen LogP contribution is -2.23. The van der Waals surface area contributed by atoms with Crippen LogP contribution in [-0.2, 0) is 22.7 Å². The molecule has 1 aliphatic heterocycles. The van der Waals surface area contributed by atoms with Crippen molar-refractivity contribution in [1.29, 1.82) is 0 Å². The van der Waals surface area contributed by atoms with Gasteiger partial charge in [0, 0.05) is 58.3 Å². The quantitative estimate of drug-likeness (QED) is 0.171. The third kappa shape index (κ3) is 6.34. The van der Waals surface area contributed by atoms with E-state index in [9.17, 15) is 9.59 Å². The minimum absolute atomic E-state index is 0.149. The summed E-state index contributed by atoms with van der Waals surface area (Å²) in [4.78, 5) is 31.1. The molecule has 222 valence electrons. The fourth-order valence-corrected chi connectivity index (χ4v) is 5.85. The SMILES string of the molecule is Cc1ccc2cccc(OCc3c(Cl)ccc(-n4cccc4CNC(=O)/C=C/c4ccc(N5CCCC5=O)cc4)c3Cl)c2n1. The van der Waals surface area contributed by atoms with Crippen LogP contribution in [0.4, 0.5) is 5.69 Å². The van der Waals surface area contributed by atoms with E-state index in [1.165, 1.54) is 6.08 Å². The van der Waals surface area contributed by atoms with Crippen molar-refractivity contribution in [1.82, 2.24) is 14.9 Å². The number of hydrogen-bond donors (Lipinski definition) is 1. The first-order valence-corrected chi connectivity index (χ1v) is 15.1. The number of nitrogens with one attached hydrogen (secondary N) is 1. The van der Waals surface area contributed by atoms with Gasteiger partial charge in [-0.15, -0.1) is 0 Å². The number of halogens is 2. The first-order valence-electron chi connectivity index (χ1n) is 14.4. The number of aromatic nitrogens is 2. The monoisotopic (exact) mass is 624 g/mol. The van der Waals surface area contributed by atoms with Crippen LogP contribution in [0.3, 0.4) is 0 Å². The van der Waals surface area contributed by atoms with E-state index in [2.05, 4.69) is 10.3 Å². The fraction of sp³-hybridized carbons (Fsp3) is 0.171. The molecule has 0 radical (unpaired) electrons. The van der Waals surface area contributed by atoms with Gasteiger partial charge in [-0.1, -0.05) is 53.5 Å². The molecule has 0 bridgehead atoms. The molecule has 0 spiro atoms. The molecule has 6 rings (SSSR count).